The molecule has 2 fully saturated rings. The Balaban J connectivity index is 1.29. The molecule has 0 saturated carbocycles. The molecule has 2 aliphatic rings. The summed E-state index contributed by atoms with van der Waals surface area (Å²) in [5.74, 6) is -1.76. The number of carbonyl (C=O) groups excluding carboxylic acids is 1. The molecule has 5 N–H and O–H groups in total. The number of ketones is 1. The standard InChI is InChI=1S/C34H35NO10S/c36-21-8-4-20(5-9-21)32-26(27(37)19-6-10-22(11-7-19)43-17-16-35-14-2-1-3-15-35)24-13-12-23(18-25(24)46-32)44-34-30(40)28(38)29(39)31(45-34)33(41)42/h4-13,18,28-31,34,36,38-40H,1-3,14-17H2,(H,41,42)/i16D2,17D2. The molecule has 0 amide bonds. The molecule has 3 heterocycles. The minimum absolute atomic E-state index is 0.0246. The number of carboxylic acids is 1. The van der Waals surface area contributed by atoms with Gasteiger partial charge in [-0.1, -0.05) is 6.42 Å². The van der Waals surface area contributed by atoms with Gasteiger partial charge in [-0.25, -0.2) is 4.79 Å². The Bertz CT molecular complexity index is 1860. The van der Waals surface area contributed by atoms with E-state index in [9.17, 15) is 35.1 Å². The molecule has 4 aromatic rings. The van der Waals surface area contributed by atoms with Crippen molar-refractivity contribution in [3.05, 3.63) is 77.9 Å². The van der Waals surface area contributed by atoms with Gasteiger partial charge in [0.05, 0.1) is 2.74 Å². The fourth-order valence-electron chi connectivity index (χ4n) is 5.45. The topological polar surface area (TPSA) is 166 Å². The van der Waals surface area contributed by atoms with Crippen molar-refractivity contribution < 1.29 is 54.8 Å². The number of aliphatic hydroxyl groups excluding tert-OH is 3. The number of aromatic hydroxyl groups is 1. The molecule has 5 atom stereocenters. The van der Waals surface area contributed by atoms with Crippen molar-refractivity contribution >= 4 is 33.2 Å². The van der Waals surface area contributed by atoms with E-state index in [0.717, 1.165) is 19.3 Å². The lowest BCUT2D eigenvalue weighted by atomic mass is 9.97. The SMILES string of the molecule is [2H]C([2H])(Oc1ccc(C(=O)c2c(-c3ccc(O)cc3)sc3cc(OC4OC(C(=O)O)C(O)C(O)C4O)ccc23)cc1)C([2H])([2H])N1CCCCC1. The zero-order chi connectivity index (χ0) is 36.0. The van der Waals surface area contributed by atoms with E-state index in [-0.39, 0.29) is 22.8 Å². The van der Waals surface area contributed by atoms with Gasteiger partial charge in [0.15, 0.2) is 11.9 Å². The van der Waals surface area contributed by atoms with Gasteiger partial charge in [-0.2, -0.15) is 0 Å². The van der Waals surface area contributed by atoms with Crippen molar-refractivity contribution in [1.29, 1.82) is 0 Å². The first-order valence-electron chi connectivity index (χ1n) is 16.7. The zero-order valence-electron chi connectivity index (χ0n) is 28.4. The van der Waals surface area contributed by atoms with Crippen LogP contribution in [0.3, 0.4) is 0 Å². The minimum Gasteiger partial charge on any atom is -0.508 e. The average molecular weight is 654 g/mol. The molecule has 0 bridgehead atoms. The summed E-state index contributed by atoms with van der Waals surface area (Å²) in [4.78, 5) is 27.7. The molecule has 2 aliphatic heterocycles. The van der Waals surface area contributed by atoms with Gasteiger partial charge in [-0.05, 0) is 98.2 Å². The summed E-state index contributed by atoms with van der Waals surface area (Å²) >= 11 is 1.23. The van der Waals surface area contributed by atoms with Crippen molar-refractivity contribution in [3.63, 3.8) is 0 Å². The Morgan fingerprint density at radius 3 is 2.30 bits per heavy atom. The van der Waals surface area contributed by atoms with Crippen LogP contribution in [0.2, 0.25) is 0 Å². The quantitative estimate of drug-likeness (QED) is 0.159. The zero-order valence-corrected chi connectivity index (χ0v) is 25.2. The van der Waals surface area contributed by atoms with Crippen LogP contribution in [0, 0.1) is 0 Å². The Labute approximate surface area is 274 Å². The van der Waals surface area contributed by atoms with Crippen LogP contribution in [0.25, 0.3) is 20.5 Å². The van der Waals surface area contributed by atoms with Crippen LogP contribution in [-0.2, 0) is 9.53 Å². The van der Waals surface area contributed by atoms with Crippen LogP contribution >= 0.6 is 11.3 Å². The van der Waals surface area contributed by atoms with Crippen molar-refractivity contribution in [2.75, 3.05) is 26.1 Å². The lowest BCUT2D eigenvalue weighted by molar-refractivity contribution is -0.271. The van der Waals surface area contributed by atoms with Crippen LogP contribution in [0.5, 0.6) is 17.2 Å². The number of carbonyl (C=O) groups is 2. The second kappa shape index (κ2) is 13.8. The summed E-state index contributed by atoms with van der Waals surface area (Å²) in [5, 5.41) is 50.4. The normalized spacial score (nSPS) is 25.6. The third-order valence-electron chi connectivity index (χ3n) is 7.93. The van der Waals surface area contributed by atoms with Crippen LogP contribution in [-0.4, -0.2) is 99.0 Å². The van der Waals surface area contributed by atoms with Gasteiger partial charge in [0.25, 0.3) is 0 Å². The number of thiophene rings is 1. The van der Waals surface area contributed by atoms with Crippen LogP contribution in [0.15, 0.2) is 66.7 Å². The van der Waals surface area contributed by atoms with Gasteiger partial charge in [-0.3, -0.25) is 9.69 Å². The van der Waals surface area contributed by atoms with Crippen LogP contribution < -0.4 is 9.47 Å². The molecular weight excluding hydrogens is 614 g/mol. The molecule has 0 aliphatic carbocycles. The summed E-state index contributed by atoms with van der Waals surface area (Å²) in [7, 11) is 0. The van der Waals surface area contributed by atoms with Gasteiger partial charge in [0.2, 0.25) is 6.29 Å². The molecule has 0 spiro atoms. The van der Waals surface area contributed by atoms with Crippen molar-refractivity contribution in [3.8, 4) is 27.7 Å². The molecule has 11 nitrogen and oxygen atoms in total. The number of aliphatic hydroxyl groups is 3. The lowest BCUT2D eigenvalue weighted by Crippen LogP contribution is -2.61. The number of likely N-dealkylation sites (tertiary alicyclic amines) is 1. The number of hydrogen-bond acceptors (Lipinski definition) is 11. The first-order chi connectivity index (χ1) is 23.7. The summed E-state index contributed by atoms with van der Waals surface area (Å²) < 4.78 is 50.8. The minimum atomic E-state index is -2.68. The third kappa shape index (κ3) is 6.73. The number of phenolic OH excluding ortho intramolecular Hbond substituents is 1. The number of fused-ring (bicyclic) bond motifs is 1. The van der Waals surface area contributed by atoms with E-state index in [1.54, 1.807) is 24.3 Å². The van der Waals surface area contributed by atoms with E-state index in [1.165, 1.54) is 58.7 Å². The predicted molar refractivity (Wildman–Crippen MR) is 170 cm³/mol. The molecule has 242 valence electrons. The largest absolute Gasteiger partial charge is 0.508 e. The van der Waals surface area contributed by atoms with Gasteiger partial charge in [0.1, 0.15) is 42.1 Å². The molecule has 12 heteroatoms. The number of hydrogen-bond donors (Lipinski definition) is 5. The highest BCUT2D eigenvalue weighted by Gasteiger charge is 2.48. The molecular formula is C34H35NO10S. The van der Waals surface area contributed by atoms with E-state index in [4.69, 9.17) is 19.7 Å². The van der Waals surface area contributed by atoms with Gasteiger partial charge in [0, 0.05) is 35.3 Å². The molecule has 46 heavy (non-hydrogen) atoms. The number of piperidine rings is 1. The molecule has 2 saturated heterocycles. The number of nitrogens with zero attached hydrogens (tertiary/aromatic N) is 1. The maximum absolute atomic E-state index is 14.1. The fraction of sp³-hybridized carbons (Fsp3) is 0.353. The highest BCUT2D eigenvalue weighted by atomic mass is 32.1. The van der Waals surface area contributed by atoms with Crippen molar-refractivity contribution in [1.82, 2.24) is 4.90 Å². The van der Waals surface area contributed by atoms with Gasteiger partial charge < -0.3 is 39.7 Å². The number of carboxylic acid groups (broad SMARTS) is 1. The maximum atomic E-state index is 14.1. The Kier molecular flexibility index (Phi) is 8.11. The summed E-state index contributed by atoms with van der Waals surface area (Å²) in [6, 6.07) is 16.6. The third-order valence-corrected chi connectivity index (χ3v) is 9.13. The number of ether oxygens (including phenoxy) is 3. The van der Waals surface area contributed by atoms with E-state index in [0.29, 0.717) is 39.2 Å². The summed E-state index contributed by atoms with van der Waals surface area (Å²) in [6.45, 7) is -4.23. The molecule has 3 aromatic carbocycles. The van der Waals surface area contributed by atoms with Crippen LogP contribution in [0.4, 0.5) is 0 Å². The Hall–Kier alpha value is -4.04. The first-order valence-corrected chi connectivity index (χ1v) is 15.5. The van der Waals surface area contributed by atoms with Gasteiger partial charge in [-0.15, -0.1) is 11.3 Å². The molecule has 0 radical (unpaired) electrons. The van der Waals surface area contributed by atoms with E-state index >= 15 is 0 Å². The first kappa shape index (κ1) is 27.1. The number of benzene rings is 3. The fourth-order valence-corrected chi connectivity index (χ4v) is 6.68. The lowest BCUT2D eigenvalue weighted by Gasteiger charge is -2.38. The molecule has 1 aromatic heterocycles. The molecule has 5 unspecified atom stereocenters. The average Bonchev–Trinajstić information content (AvgIpc) is 3.47. The maximum Gasteiger partial charge on any atom is 0.335 e. The smallest absolute Gasteiger partial charge is 0.335 e. The number of aliphatic carboxylic acids is 1. The second-order valence-electron chi connectivity index (χ2n) is 11.1. The second-order valence-corrected chi connectivity index (χ2v) is 12.1. The summed E-state index contributed by atoms with van der Waals surface area (Å²) in [5.41, 5.74) is 1.17. The highest BCUT2D eigenvalue weighted by Crippen LogP contribution is 2.42. The van der Waals surface area contributed by atoms with Gasteiger partial charge >= 0.3 is 5.97 Å². The highest BCUT2D eigenvalue weighted by molar-refractivity contribution is 7.22. The molecule has 6 rings (SSSR count). The van der Waals surface area contributed by atoms with E-state index in [1.807, 2.05) is 0 Å². The van der Waals surface area contributed by atoms with E-state index in [2.05, 4.69) is 0 Å². The Morgan fingerprint density at radius 2 is 1.61 bits per heavy atom. The van der Waals surface area contributed by atoms with E-state index < -0.39 is 55.5 Å². The van der Waals surface area contributed by atoms with Crippen LogP contribution in [0.1, 0.15) is 40.7 Å². The monoisotopic (exact) mass is 653 g/mol. The number of rotatable bonds is 10. The number of phenols is 1. The Morgan fingerprint density at radius 1 is 0.913 bits per heavy atom. The predicted octanol–water partition coefficient (Wildman–Crippen LogP) is 3.64. The van der Waals surface area contributed by atoms with Crippen molar-refractivity contribution in [2.45, 2.75) is 50.0 Å². The summed E-state index contributed by atoms with van der Waals surface area (Å²) in [6.07, 6.45) is -6.48. The van der Waals surface area contributed by atoms with Crippen molar-refractivity contribution in [2.24, 2.45) is 0 Å².